The molecule has 3 nitrogen and oxygen atoms in total. The van der Waals surface area contributed by atoms with E-state index in [2.05, 4.69) is 18.2 Å². The summed E-state index contributed by atoms with van der Waals surface area (Å²) in [6.45, 7) is 0.661. The second-order valence-electron chi connectivity index (χ2n) is 6.32. The average Bonchev–Trinajstić information content (AvgIpc) is 2.91. The van der Waals surface area contributed by atoms with Crippen molar-refractivity contribution >= 4 is 10.9 Å². The van der Waals surface area contributed by atoms with Crippen molar-refractivity contribution in [2.75, 3.05) is 0 Å². The fourth-order valence-electron chi connectivity index (χ4n) is 3.87. The molecule has 0 spiro atoms. The maximum absolute atomic E-state index is 12.8. The molecule has 0 bridgehead atoms. The van der Waals surface area contributed by atoms with E-state index in [1.54, 1.807) is 0 Å². The normalized spacial score (nSPS) is 15.5. The Morgan fingerprint density at radius 3 is 2.82 bits per heavy atom. The van der Waals surface area contributed by atoms with Crippen LogP contribution in [0.25, 0.3) is 22.3 Å². The van der Waals surface area contributed by atoms with Gasteiger partial charge < -0.3 is 4.57 Å². The molecule has 2 aliphatic rings. The Morgan fingerprint density at radius 1 is 1.00 bits per heavy atom. The summed E-state index contributed by atoms with van der Waals surface area (Å²) in [5.74, 6) is 0. The summed E-state index contributed by atoms with van der Waals surface area (Å²) in [6, 6.07) is 12.6. The summed E-state index contributed by atoms with van der Waals surface area (Å²) in [4.78, 5) is 17.6. The minimum absolute atomic E-state index is 0.203. The number of nitrogens with zero attached hydrogens (tertiary/aromatic N) is 2. The van der Waals surface area contributed by atoms with Gasteiger partial charge in [0.1, 0.15) is 0 Å². The van der Waals surface area contributed by atoms with E-state index < -0.39 is 0 Å². The summed E-state index contributed by atoms with van der Waals surface area (Å²) in [5, 5.41) is 1.15. The Hall–Kier alpha value is -2.42. The van der Waals surface area contributed by atoms with Gasteiger partial charge in [0.2, 0.25) is 0 Å². The van der Waals surface area contributed by atoms with Gasteiger partial charge in [-0.25, -0.2) is 4.98 Å². The lowest BCUT2D eigenvalue weighted by atomic mass is 9.92. The van der Waals surface area contributed by atoms with E-state index in [-0.39, 0.29) is 5.56 Å². The highest BCUT2D eigenvalue weighted by atomic mass is 16.1. The zero-order valence-corrected chi connectivity index (χ0v) is 12.3. The molecule has 108 valence electrons. The molecular weight excluding hydrogens is 272 g/mol. The molecule has 0 saturated carbocycles. The van der Waals surface area contributed by atoms with Gasteiger partial charge in [-0.2, -0.15) is 0 Å². The SMILES string of the molecule is O=c1c2c(cc3n1Cc1cc4ccccc4nc1-3)CCCC2. The van der Waals surface area contributed by atoms with Crippen LogP contribution >= 0.6 is 0 Å². The fourth-order valence-corrected chi connectivity index (χ4v) is 3.87. The molecule has 0 atom stereocenters. The van der Waals surface area contributed by atoms with Gasteiger partial charge in [0.05, 0.1) is 23.4 Å². The molecule has 3 heterocycles. The van der Waals surface area contributed by atoms with Crippen LogP contribution < -0.4 is 5.56 Å². The smallest absolute Gasteiger partial charge is 0.254 e. The maximum atomic E-state index is 12.8. The van der Waals surface area contributed by atoms with Gasteiger partial charge >= 0.3 is 0 Å². The van der Waals surface area contributed by atoms with Crippen LogP contribution in [0.15, 0.2) is 41.2 Å². The third-order valence-corrected chi connectivity index (χ3v) is 4.99. The van der Waals surface area contributed by atoms with Gasteiger partial charge in [0, 0.05) is 16.5 Å². The molecule has 5 rings (SSSR count). The Balaban J connectivity index is 1.81. The maximum Gasteiger partial charge on any atom is 0.254 e. The van der Waals surface area contributed by atoms with Crippen LogP contribution in [0.1, 0.15) is 29.5 Å². The van der Waals surface area contributed by atoms with Gasteiger partial charge in [0.25, 0.3) is 5.56 Å². The summed E-state index contributed by atoms with van der Waals surface area (Å²) in [7, 11) is 0. The molecule has 22 heavy (non-hydrogen) atoms. The second-order valence-corrected chi connectivity index (χ2v) is 6.32. The number of hydrogen-bond donors (Lipinski definition) is 0. The monoisotopic (exact) mass is 288 g/mol. The number of hydrogen-bond acceptors (Lipinski definition) is 2. The number of pyridine rings is 2. The highest BCUT2D eigenvalue weighted by Gasteiger charge is 2.25. The first kappa shape index (κ1) is 12.2. The van der Waals surface area contributed by atoms with E-state index in [0.29, 0.717) is 6.54 Å². The summed E-state index contributed by atoms with van der Waals surface area (Å²) in [5.41, 5.74) is 6.64. The highest BCUT2D eigenvalue weighted by molar-refractivity contribution is 5.83. The predicted molar refractivity (Wildman–Crippen MR) is 87.2 cm³/mol. The number of fused-ring (bicyclic) bond motifs is 5. The van der Waals surface area contributed by atoms with Gasteiger partial charge in [-0.1, -0.05) is 18.2 Å². The average molecular weight is 288 g/mol. The van der Waals surface area contributed by atoms with E-state index in [1.807, 2.05) is 22.8 Å². The molecular formula is C19H16N2O. The Bertz CT molecular complexity index is 985. The summed E-state index contributed by atoms with van der Waals surface area (Å²) in [6.07, 6.45) is 4.28. The molecule has 3 heteroatoms. The third-order valence-electron chi connectivity index (χ3n) is 4.99. The molecule has 1 aliphatic carbocycles. The Labute approximate surface area is 128 Å². The van der Waals surface area contributed by atoms with Crippen LogP contribution in [-0.4, -0.2) is 9.55 Å². The first-order valence-corrected chi connectivity index (χ1v) is 7.96. The van der Waals surface area contributed by atoms with Crippen molar-refractivity contribution in [3.05, 3.63) is 63.4 Å². The van der Waals surface area contributed by atoms with Crippen molar-refractivity contribution < 1.29 is 0 Å². The molecule has 3 aromatic rings. The van der Waals surface area contributed by atoms with Gasteiger partial charge in [-0.15, -0.1) is 0 Å². The van der Waals surface area contributed by atoms with Crippen LogP contribution in [0, 0.1) is 0 Å². The number of para-hydroxylation sites is 1. The summed E-state index contributed by atoms with van der Waals surface area (Å²) < 4.78 is 1.92. The van der Waals surface area contributed by atoms with Gasteiger partial charge in [0.15, 0.2) is 0 Å². The van der Waals surface area contributed by atoms with Crippen LogP contribution in [0.2, 0.25) is 0 Å². The highest BCUT2D eigenvalue weighted by Crippen LogP contribution is 2.33. The number of benzene rings is 1. The van der Waals surface area contributed by atoms with Crippen LogP contribution in [0.5, 0.6) is 0 Å². The zero-order valence-electron chi connectivity index (χ0n) is 12.3. The Morgan fingerprint density at radius 2 is 1.86 bits per heavy atom. The van der Waals surface area contributed by atoms with Crippen molar-refractivity contribution in [1.29, 1.82) is 0 Å². The standard InChI is InChI=1S/C19H16N2O/c22-19-15-7-3-1-5-12(15)10-17-18-14(11-21(17)19)9-13-6-2-4-8-16(13)20-18/h2,4,6,8-10H,1,3,5,7,11H2. The van der Waals surface area contributed by atoms with Crippen LogP contribution in [0.3, 0.4) is 0 Å². The molecule has 0 fully saturated rings. The van der Waals surface area contributed by atoms with E-state index in [1.165, 1.54) is 12.0 Å². The molecule has 1 aromatic carbocycles. The number of aryl methyl sites for hydroxylation is 1. The van der Waals surface area contributed by atoms with Gasteiger partial charge in [-0.05, 0) is 49.4 Å². The third kappa shape index (κ3) is 1.56. The lowest BCUT2D eigenvalue weighted by Crippen LogP contribution is -2.26. The van der Waals surface area contributed by atoms with Crippen molar-refractivity contribution in [2.45, 2.75) is 32.2 Å². The molecule has 1 aliphatic heterocycles. The lowest BCUT2D eigenvalue weighted by Gasteiger charge is -2.17. The molecule has 2 aromatic heterocycles. The minimum atomic E-state index is 0.203. The molecule has 0 amide bonds. The number of aromatic nitrogens is 2. The molecule has 0 unspecified atom stereocenters. The molecule has 0 N–H and O–H groups in total. The zero-order chi connectivity index (χ0) is 14.7. The largest absolute Gasteiger partial charge is 0.302 e. The van der Waals surface area contributed by atoms with E-state index in [0.717, 1.165) is 52.7 Å². The molecule has 0 saturated heterocycles. The van der Waals surface area contributed by atoms with Gasteiger partial charge in [-0.3, -0.25) is 4.79 Å². The minimum Gasteiger partial charge on any atom is -0.302 e. The van der Waals surface area contributed by atoms with Crippen molar-refractivity contribution in [3.8, 4) is 11.4 Å². The van der Waals surface area contributed by atoms with Crippen molar-refractivity contribution in [1.82, 2.24) is 9.55 Å². The van der Waals surface area contributed by atoms with E-state index >= 15 is 0 Å². The second kappa shape index (κ2) is 4.29. The quantitative estimate of drug-likeness (QED) is 0.497. The van der Waals surface area contributed by atoms with E-state index in [4.69, 9.17) is 4.98 Å². The van der Waals surface area contributed by atoms with Crippen LogP contribution in [-0.2, 0) is 19.4 Å². The van der Waals surface area contributed by atoms with E-state index in [9.17, 15) is 4.79 Å². The van der Waals surface area contributed by atoms with Crippen molar-refractivity contribution in [2.24, 2.45) is 0 Å². The van der Waals surface area contributed by atoms with Crippen molar-refractivity contribution in [3.63, 3.8) is 0 Å². The predicted octanol–water partition coefficient (Wildman–Crippen LogP) is 3.30. The lowest BCUT2D eigenvalue weighted by molar-refractivity contribution is 0.659. The Kier molecular flexibility index (Phi) is 2.37. The first-order valence-electron chi connectivity index (χ1n) is 7.96. The fraction of sp³-hybridized carbons (Fsp3) is 0.263. The number of rotatable bonds is 0. The summed E-state index contributed by atoms with van der Waals surface area (Å²) >= 11 is 0. The first-order chi connectivity index (χ1) is 10.8. The topological polar surface area (TPSA) is 34.9 Å². The molecule has 0 radical (unpaired) electrons. The van der Waals surface area contributed by atoms with Crippen LogP contribution in [0.4, 0.5) is 0 Å².